The number of hydrogen-bond donors (Lipinski definition) is 1. The molecule has 0 aromatic heterocycles. The van der Waals surface area contributed by atoms with Gasteiger partial charge in [-0.3, -0.25) is 0 Å². The van der Waals surface area contributed by atoms with Gasteiger partial charge in [-0.15, -0.1) is 0 Å². The summed E-state index contributed by atoms with van der Waals surface area (Å²) < 4.78 is 0. The Balaban J connectivity index is 2.19. The zero-order chi connectivity index (χ0) is 12.0. The predicted octanol–water partition coefficient (Wildman–Crippen LogP) is 3.48. The molecule has 0 aliphatic heterocycles. The maximum atomic E-state index is 8.45. The van der Waals surface area contributed by atoms with Crippen LogP contribution in [0.2, 0.25) is 0 Å². The average Bonchev–Trinajstić information content (AvgIpc) is 2.14. The van der Waals surface area contributed by atoms with Crippen molar-refractivity contribution in [3.8, 4) is 6.07 Å². The number of nitrogens with one attached hydrogen (secondary N) is 1. The van der Waals surface area contributed by atoms with Gasteiger partial charge >= 0.3 is 0 Å². The summed E-state index contributed by atoms with van der Waals surface area (Å²) in [5.41, 5.74) is 0.502. The highest BCUT2D eigenvalue weighted by Gasteiger charge is 2.31. The van der Waals surface area contributed by atoms with Crippen LogP contribution in [0.5, 0.6) is 0 Å². The maximum Gasteiger partial charge on any atom is 0.0621 e. The van der Waals surface area contributed by atoms with Crippen molar-refractivity contribution in [3.63, 3.8) is 0 Å². The van der Waals surface area contributed by atoms with Crippen LogP contribution in [0.4, 0.5) is 0 Å². The van der Waals surface area contributed by atoms with E-state index in [-0.39, 0.29) is 0 Å². The summed E-state index contributed by atoms with van der Waals surface area (Å²) >= 11 is 0. The molecule has 2 unspecified atom stereocenters. The van der Waals surface area contributed by atoms with Crippen LogP contribution in [0, 0.1) is 22.7 Å². The lowest BCUT2D eigenvalue weighted by molar-refractivity contribution is 0.151. The van der Waals surface area contributed by atoms with Gasteiger partial charge in [0.05, 0.1) is 6.07 Å². The molecule has 0 saturated heterocycles. The van der Waals surface area contributed by atoms with E-state index in [1.54, 1.807) is 0 Å². The van der Waals surface area contributed by atoms with Crippen LogP contribution in [0.1, 0.15) is 59.3 Å². The fourth-order valence-corrected chi connectivity index (χ4v) is 3.14. The van der Waals surface area contributed by atoms with E-state index in [0.29, 0.717) is 17.9 Å². The molecule has 92 valence electrons. The van der Waals surface area contributed by atoms with Gasteiger partial charge in [-0.25, -0.2) is 0 Å². The average molecular weight is 222 g/mol. The molecule has 16 heavy (non-hydrogen) atoms. The maximum absolute atomic E-state index is 8.45. The normalized spacial score (nSPS) is 28.6. The van der Waals surface area contributed by atoms with Gasteiger partial charge in [0.2, 0.25) is 0 Å². The first-order chi connectivity index (χ1) is 7.53. The Morgan fingerprint density at radius 2 is 2.06 bits per heavy atom. The number of nitriles is 1. The first kappa shape index (κ1) is 13.5. The van der Waals surface area contributed by atoms with Gasteiger partial charge in [0.15, 0.2) is 0 Å². The molecule has 0 amide bonds. The van der Waals surface area contributed by atoms with E-state index in [1.807, 2.05) is 0 Å². The van der Waals surface area contributed by atoms with Gasteiger partial charge in [0, 0.05) is 12.5 Å². The van der Waals surface area contributed by atoms with Crippen molar-refractivity contribution in [2.24, 2.45) is 11.3 Å². The fourth-order valence-electron chi connectivity index (χ4n) is 3.14. The molecule has 0 spiro atoms. The van der Waals surface area contributed by atoms with Gasteiger partial charge < -0.3 is 5.32 Å². The second kappa shape index (κ2) is 6.25. The molecule has 1 aliphatic rings. The Labute approximate surface area is 100 Å². The number of rotatable bonds is 5. The second-order valence-corrected chi connectivity index (χ2v) is 6.18. The molecule has 2 atom stereocenters. The monoisotopic (exact) mass is 222 g/mol. The summed E-state index contributed by atoms with van der Waals surface area (Å²) in [6.07, 6.45) is 6.86. The fraction of sp³-hybridized carbons (Fsp3) is 0.929. The Bertz CT molecular complexity index is 240. The molecule has 1 saturated carbocycles. The van der Waals surface area contributed by atoms with Gasteiger partial charge in [0.25, 0.3) is 0 Å². The summed E-state index contributed by atoms with van der Waals surface area (Å²) in [5, 5.41) is 12.1. The molecule has 1 rings (SSSR count). The SMILES string of the molecule is CC1CC(NCCCCC#N)CC(C)(C)C1. The predicted molar refractivity (Wildman–Crippen MR) is 68.1 cm³/mol. The van der Waals surface area contributed by atoms with Crippen LogP contribution in [-0.2, 0) is 0 Å². The quantitative estimate of drug-likeness (QED) is 0.723. The molecular weight excluding hydrogens is 196 g/mol. The molecule has 2 nitrogen and oxygen atoms in total. The van der Waals surface area contributed by atoms with Crippen molar-refractivity contribution in [2.75, 3.05) is 6.54 Å². The second-order valence-electron chi connectivity index (χ2n) is 6.18. The van der Waals surface area contributed by atoms with Crippen molar-refractivity contribution >= 4 is 0 Å². The largest absolute Gasteiger partial charge is 0.314 e. The van der Waals surface area contributed by atoms with E-state index in [4.69, 9.17) is 5.26 Å². The molecule has 0 heterocycles. The zero-order valence-corrected chi connectivity index (χ0v) is 11.1. The number of unbranched alkanes of at least 4 members (excludes halogenated alkanes) is 2. The van der Waals surface area contributed by atoms with Crippen LogP contribution in [0.15, 0.2) is 0 Å². The van der Waals surface area contributed by atoms with Crippen LogP contribution >= 0.6 is 0 Å². The minimum Gasteiger partial charge on any atom is -0.314 e. The third-order valence-corrected chi connectivity index (χ3v) is 3.54. The van der Waals surface area contributed by atoms with Crippen molar-refractivity contribution in [1.82, 2.24) is 5.32 Å². The standard InChI is InChI=1S/C14H26N2/c1-12-9-13(11-14(2,3)10-12)16-8-6-4-5-7-15/h12-13,16H,4-6,8-11H2,1-3H3. The van der Waals surface area contributed by atoms with Gasteiger partial charge in [-0.05, 0) is 50.0 Å². The summed E-state index contributed by atoms with van der Waals surface area (Å²) in [6, 6.07) is 2.89. The van der Waals surface area contributed by atoms with E-state index < -0.39 is 0 Å². The third kappa shape index (κ3) is 4.99. The molecule has 2 heteroatoms. The van der Waals surface area contributed by atoms with Gasteiger partial charge in [-0.1, -0.05) is 20.8 Å². The first-order valence-electron chi connectivity index (χ1n) is 6.64. The highest BCUT2D eigenvalue weighted by Crippen LogP contribution is 2.38. The smallest absolute Gasteiger partial charge is 0.0621 e. The summed E-state index contributed by atoms with van der Waals surface area (Å²) in [6.45, 7) is 8.21. The lowest BCUT2D eigenvalue weighted by Crippen LogP contribution is -2.40. The summed E-state index contributed by atoms with van der Waals surface area (Å²) in [5.74, 6) is 0.848. The van der Waals surface area contributed by atoms with Crippen LogP contribution < -0.4 is 5.32 Å². The Morgan fingerprint density at radius 3 is 2.69 bits per heavy atom. The highest BCUT2D eigenvalue weighted by molar-refractivity contribution is 4.86. The molecule has 1 fully saturated rings. The van der Waals surface area contributed by atoms with Crippen molar-refractivity contribution < 1.29 is 0 Å². The van der Waals surface area contributed by atoms with E-state index in [1.165, 1.54) is 19.3 Å². The Hall–Kier alpha value is -0.550. The van der Waals surface area contributed by atoms with Gasteiger partial charge in [0.1, 0.15) is 0 Å². The molecule has 0 aromatic rings. The van der Waals surface area contributed by atoms with E-state index >= 15 is 0 Å². The number of hydrogen-bond acceptors (Lipinski definition) is 2. The summed E-state index contributed by atoms with van der Waals surface area (Å²) in [4.78, 5) is 0. The molecular formula is C14H26N2. The van der Waals surface area contributed by atoms with E-state index in [0.717, 1.165) is 25.3 Å². The molecule has 0 radical (unpaired) electrons. The van der Waals surface area contributed by atoms with Crippen molar-refractivity contribution in [2.45, 2.75) is 65.3 Å². The van der Waals surface area contributed by atoms with E-state index in [2.05, 4.69) is 32.2 Å². The zero-order valence-electron chi connectivity index (χ0n) is 11.1. The molecule has 1 N–H and O–H groups in total. The van der Waals surface area contributed by atoms with Crippen LogP contribution in [-0.4, -0.2) is 12.6 Å². The van der Waals surface area contributed by atoms with Gasteiger partial charge in [-0.2, -0.15) is 5.26 Å². The lowest BCUT2D eigenvalue weighted by Gasteiger charge is -2.39. The first-order valence-corrected chi connectivity index (χ1v) is 6.64. The minimum absolute atomic E-state index is 0.502. The van der Waals surface area contributed by atoms with Crippen molar-refractivity contribution in [3.05, 3.63) is 0 Å². The number of nitrogens with zero attached hydrogens (tertiary/aromatic N) is 1. The minimum atomic E-state index is 0.502. The van der Waals surface area contributed by atoms with Crippen LogP contribution in [0.25, 0.3) is 0 Å². The topological polar surface area (TPSA) is 35.8 Å². The third-order valence-electron chi connectivity index (χ3n) is 3.54. The van der Waals surface area contributed by atoms with Crippen molar-refractivity contribution in [1.29, 1.82) is 5.26 Å². The molecule has 1 aliphatic carbocycles. The highest BCUT2D eigenvalue weighted by atomic mass is 14.9. The Morgan fingerprint density at radius 1 is 1.31 bits per heavy atom. The summed E-state index contributed by atoms with van der Waals surface area (Å²) in [7, 11) is 0. The van der Waals surface area contributed by atoms with E-state index in [9.17, 15) is 0 Å². The molecule has 0 aromatic carbocycles. The molecule has 0 bridgehead atoms. The van der Waals surface area contributed by atoms with Crippen LogP contribution in [0.3, 0.4) is 0 Å². The lowest BCUT2D eigenvalue weighted by atomic mass is 9.70. The Kier molecular flexibility index (Phi) is 5.28.